The second-order valence-corrected chi connectivity index (χ2v) is 3.20. The van der Waals surface area contributed by atoms with Crippen LogP contribution in [-0.2, 0) is 9.59 Å². The standard InChI is InChI=1S/C11H12FNO4/c12-8-3-1-2-4-9(8)17-6-5-13-10(14)7-11(15)16/h1-4H,5-7H2,(H,13,14)(H,15,16). The summed E-state index contributed by atoms with van der Waals surface area (Å²) in [5.74, 6) is -2.18. The van der Waals surface area contributed by atoms with Gasteiger partial charge in [-0.1, -0.05) is 12.1 Å². The molecule has 1 aromatic carbocycles. The molecule has 2 N–H and O–H groups in total. The molecule has 0 unspecified atom stereocenters. The highest BCUT2D eigenvalue weighted by atomic mass is 19.1. The van der Waals surface area contributed by atoms with Crippen LogP contribution in [0.5, 0.6) is 5.75 Å². The number of carbonyl (C=O) groups is 2. The van der Waals surface area contributed by atoms with Crippen molar-refractivity contribution in [1.82, 2.24) is 5.32 Å². The summed E-state index contributed by atoms with van der Waals surface area (Å²) in [6.07, 6.45) is -0.584. The minimum Gasteiger partial charge on any atom is -0.489 e. The van der Waals surface area contributed by atoms with E-state index in [0.29, 0.717) is 0 Å². The summed E-state index contributed by atoms with van der Waals surface area (Å²) in [6.45, 7) is 0.201. The molecule has 0 aromatic heterocycles. The number of amides is 1. The van der Waals surface area contributed by atoms with E-state index in [1.54, 1.807) is 6.07 Å². The normalized spacial score (nSPS) is 9.71. The highest BCUT2D eigenvalue weighted by Gasteiger charge is 2.06. The quantitative estimate of drug-likeness (QED) is 0.570. The van der Waals surface area contributed by atoms with Crippen LogP contribution >= 0.6 is 0 Å². The van der Waals surface area contributed by atoms with Crippen molar-refractivity contribution < 1.29 is 23.8 Å². The Hall–Kier alpha value is -2.11. The summed E-state index contributed by atoms with van der Waals surface area (Å²) >= 11 is 0. The van der Waals surface area contributed by atoms with Crippen molar-refractivity contribution in [3.05, 3.63) is 30.1 Å². The van der Waals surface area contributed by atoms with Gasteiger partial charge in [0.2, 0.25) is 5.91 Å². The molecule has 0 heterocycles. The molecular weight excluding hydrogens is 229 g/mol. The van der Waals surface area contributed by atoms with E-state index in [2.05, 4.69) is 5.32 Å². The van der Waals surface area contributed by atoms with Gasteiger partial charge in [-0.25, -0.2) is 4.39 Å². The molecule has 5 nitrogen and oxygen atoms in total. The second-order valence-electron chi connectivity index (χ2n) is 3.20. The molecule has 0 bridgehead atoms. The van der Waals surface area contributed by atoms with Crippen molar-refractivity contribution in [1.29, 1.82) is 0 Å². The van der Waals surface area contributed by atoms with Gasteiger partial charge in [0, 0.05) is 0 Å². The number of carbonyl (C=O) groups excluding carboxylic acids is 1. The number of benzene rings is 1. The Bertz CT molecular complexity index is 408. The summed E-state index contributed by atoms with van der Waals surface area (Å²) in [5, 5.41) is 10.6. The molecule has 0 aliphatic heterocycles. The van der Waals surface area contributed by atoms with Crippen LogP contribution in [0, 0.1) is 5.82 Å². The van der Waals surface area contributed by atoms with Crippen LogP contribution in [0.15, 0.2) is 24.3 Å². The van der Waals surface area contributed by atoms with Crippen molar-refractivity contribution in [3.63, 3.8) is 0 Å². The van der Waals surface area contributed by atoms with Crippen LogP contribution < -0.4 is 10.1 Å². The first kappa shape index (κ1) is 13.0. The van der Waals surface area contributed by atoms with Gasteiger partial charge in [0.1, 0.15) is 13.0 Å². The molecule has 0 saturated heterocycles. The first-order chi connectivity index (χ1) is 8.09. The Balaban J connectivity index is 2.23. The lowest BCUT2D eigenvalue weighted by Gasteiger charge is -2.07. The van der Waals surface area contributed by atoms with Gasteiger partial charge in [-0.3, -0.25) is 9.59 Å². The SMILES string of the molecule is O=C(O)CC(=O)NCCOc1ccccc1F. The number of rotatable bonds is 6. The Morgan fingerprint density at radius 3 is 2.71 bits per heavy atom. The number of hydrogen-bond donors (Lipinski definition) is 2. The zero-order valence-electron chi connectivity index (χ0n) is 8.98. The fourth-order valence-electron chi connectivity index (χ4n) is 1.11. The number of nitrogens with one attached hydrogen (secondary N) is 1. The minimum atomic E-state index is -1.20. The van der Waals surface area contributed by atoms with Gasteiger partial charge >= 0.3 is 5.97 Å². The van der Waals surface area contributed by atoms with Gasteiger partial charge in [-0.05, 0) is 12.1 Å². The van der Waals surface area contributed by atoms with Gasteiger partial charge in [0.25, 0.3) is 0 Å². The highest BCUT2D eigenvalue weighted by molar-refractivity contribution is 5.93. The van der Waals surface area contributed by atoms with E-state index in [1.807, 2.05) is 0 Å². The van der Waals surface area contributed by atoms with Crippen molar-refractivity contribution in [2.45, 2.75) is 6.42 Å². The van der Waals surface area contributed by atoms with Crippen LogP contribution in [0.25, 0.3) is 0 Å². The molecule has 0 saturated carbocycles. The Morgan fingerprint density at radius 1 is 1.35 bits per heavy atom. The number of carboxylic acid groups (broad SMARTS) is 1. The maximum atomic E-state index is 13.1. The number of carboxylic acids is 1. The average Bonchev–Trinajstić information content (AvgIpc) is 2.25. The van der Waals surface area contributed by atoms with E-state index < -0.39 is 24.1 Å². The number of halogens is 1. The van der Waals surface area contributed by atoms with E-state index in [1.165, 1.54) is 18.2 Å². The topological polar surface area (TPSA) is 75.6 Å². The van der Waals surface area contributed by atoms with Gasteiger partial charge in [0.15, 0.2) is 11.6 Å². The molecule has 0 spiro atoms. The van der Waals surface area contributed by atoms with Gasteiger partial charge in [-0.15, -0.1) is 0 Å². The van der Waals surface area contributed by atoms with Crippen LogP contribution in [-0.4, -0.2) is 30.1 Å². The Labute approximate surface area is 97.2 Å². The molecule has 0 fully saturated rings. The second kappa shape index (κ2) is 6.47. The van der Waals surface area contributed by atoms with Gasteiger partial charge in [0.05, 0.1) is 6.54 Å². The molecule has 0 radical (unpaired) electrons. The number of aliphatic carboxylic acids is 1. The van der Waals surface area contributed by atoms with E-state index in [-0.39, 0.29) is 18.9 Å². The zero-order valence-corrected chi connectivity index (χ0v) is 8.98. The summed E-state index contributed by atoms with van der Waals surface area (Å²) in [7, 11) is 0. The molecule has 92 valence electrons. The van der Waals surface area contributed by atoms with Gasteiger partial charge in [-0.2, -0.15) is 0 Å². The zero-order chi connectivity index (χ0) is 12.7. The van der Waals surface area contributed by atoms with E-state index in [4.69, 9.17) is 9.84 Å². The van der Waals surface area contributed by atoms with E-state index in [0.717, 1.165) is 0 Å². The third-order valence-corrected chi connectivity index (χ3v) is 1.83. The molecule has 17 heavy (non-hydrogen) atoms. The van der Waals surface area contributed by atoms with E-state index in [9.17, 15) is 14.0 Å². The van der Waals surface area contributed by atoms with Crippen LogP contribution in [0.3, 0.4) is 0 Å². The number of hydrogen-bond acceptors (Lipinski definition) is 3. The molecule has 0 aliphatic carbocycles. The molecule has 1 rings (SSSR count). The predicted molar refractivity (Wildman–Crippen MR) is 57.2 cm³/mol. The van der Waals surface area contributed by atoms with Crippen LogP contribution in [0.2, 0.25) is 0 Å². The predicted octanol–water partition coefficient (Wildman–Crippen LogP) is 0.795. The summed E-state index contributed by atoms with van der Waals surface area (Å²) in [6, 6.07) is 5.89. The summed E-state index contributed by atoms with van der Waals surface area (Å²) in [5.41, 5.74) is 0. The van der Waals surface area contributed by atoms with Gasteiger partial charge < -0.3 is 15.2 Å². The number of para-hydroxylation sites is 1. The summed E-state index contributed by atoms with van der Waals surface area (Å²) < 4.78 is 18.1. The lowest BCUT2D eigenvalue weighted by atomic mass is 10.3. The average molecular weight is 241 g/mol. The van der Waals surface area contributed by atoms with Crippen molar-refractivity contribution in [2.24, 2.45) is 0 Å². The fourth-order valence-corrected chi connectivity index (χ4v) is 1.11. The Kier molecular flexibility index (Phi) is 4.93. The van der Waals surface area contributed by atoms with Crippen LogP contribution in [0.1, 0.15) is 6.42 Å². The largest absolute Gasteiger partial charge is 0.489 e. The third kappa shape index (κ3) is 4.96. The van der Waals surface area contributed by atoms with E-state index >= 15 is 0 Å². The monoisotopic (exact) mass is 241 g/mol. The first-order valence-electron chi connectivity index (χ1n) is 4.95. The van der Waals surface area contributed by atoms with Crippen molar-refractivity contribution >= 4 is 11.9 Å². The molecule has 0 aliphatic rings. The first-order valence-corrected chi connectivity index (χ1v) is 4.95. The molecular formula is C11H12FNO4. The fraction of sp³-hybridized carbons (Fsp3) is 0.273. The van der Waals surface area contributed by atoms with Crippen LogP contribution in [0.4, 0.5) is 4.39 Å². The minimum absolute atomic E-state index is 0.0757. The van der Waals surface area contributed by atoms with Crippen molar-refractivity contribution in [3.8, 4) is 5.75 Å². The highest BCUT2D eigenvalue weighted by Crippen LogP contribution is 2.14. The Morgan fingerprint density at radius 2 is 2.06 bits per heavy atom. The molecule has 6 heteroatoms. The summed E-state index contributed by atoms with van der Waals surface area (Å²) in [4.78, 5) is 21.1. The molecule has 1 aromatic rings. The molecule has 1 amide bonds. The maximum absolute atomic E-state index is 13.1. The lowest BCUT2D eigenvalue weighted by molar-refractivity contribution is -0.140. The smallest absolute Gasteiger partial charge is 0.312 e. The molecule has 0 atom stereocenters. The lowest BCUT2D eigenvalue weighted by Crippen LogP contribution is -2.29. The number of ether oxygens (including phenoxy) is 1. The van der Waals surface area contributed by atoms with Crippen molar-refractivity contribution in [2.75, 3.05) is 13.2 Å². The maximum Gasteiger partial charge on any atom is 0.312 e. The third-order valence-electron chi connectivity index (χ3n) is 1.83.